The van der Waals surface area contributed by atoms with Gasteiger partial charge in [-0.2, -0.15) is 5.10 Å². The van der Waals surface area contributed by atoms with Gasteiger partial charge in [-0.1, -0.05) is 0 Å². The van der Waals surface area contributed by atoms with Crippen LogP contribution in [0, 0.1) is 0 Å². The van der Waals surface area contributed by atoms with Crippen LogP contribution in [0.3, 0.4) is 0 Å². The lowest BCUT2D eigenvalue weighted by molar-refractivity contribution is 0.0943. The van der Waals surface area contributed by atoms with Crippen LogP contribution in [0.2, 0.25) is 0 Å². The minimum absolute atomic E-state index is 0.0762. The van der Waals surface area contributed by atoms with Crippen molar-refractivity contribution < 1.29 is 4.79 Å². The van der Waals surface area contributed by atoms with Gasteiger partial charge in [-0.05, 0) is 43.7 Å². The molecule has 8 nitrogen and oxygen atoms in total. The van der Waals surface area contributed by atoms with Gasteiger partial charge in [0.25, 0.3) is 5.91 Å². The maximum atomic E-state index is 12.3. The molecular formula is C20H23N7O. The Bertz CT molecular complexity index is 1070. The number of pyridine rings is 1. The van der Waals surface area contributed by atoms with Crippen molar-refractivity contribution in [1.82, 2.24) is 25.3 Å². The molecule has 0 fully saturated rings. The van der Waals surface area contributed by atoms with Gasteiger partial charge in [0.1, 0.15) is 11.6 Å². The molecule has 3 heterocycles. The zero-order valence-corrected chi connectivity index (χ0v) is 16.1. The number of hydrazone groups is 1. The average molecular weight is 377 g/mol. The Morgan fingerprint density at radius 1 is 1.36 bits per heavy atom. The molecule has 144 valence electrons. The van der Waals surface area contributed by atoms with Gasteiger partial charge >= 0.3 is 0 Å². The van der Waals surface area contributed by atoms with Crippen molar-refractivity contribution in [3.63, 3.8) is 0 Å². The quantitative estimate of drug-likeness (QED) is 0.646. The highest BCUT2D eigenvalue weighted by Gasteiger charge is 2.20. The molecule has 1 unspecified atom stereocenters. The van der Waals surface area contributed by atoms with Gasteiger partial charge in [0, 0.05) is 43.5 Å². The Morgan fingerprint density at radius 2 is 2.18 bits per heavy atom. The second-order valence-corrected chi connectivity index (χ2v) is 7.36. The van der Waals surface area contributed by atoms with Crippen LogP contribution in [0.25, 0.3) is 22.4 Å². The van der Waals surface area contributed by atoms with E-state index in [1.807, 2.05) is 44.3 Å². The molecule has 28 heavy (non-hydrogen) atoms. The van der Waals surface area contributed by atoms with Crippen LogP contribution in [0.4, 0.5) is 5.82 Å². The summed E-state index contributed by atoms with van der Waals surface area (Å²) in [5.74, 6) is 1.10. The van der Waals surface area contributed by atoms with Crippen LogP contribution in [-0.4, -0.2) is 51.7 Å². The molecule has 4 N–H and O–H groups in total. The number of hydrogen-bond donors (Lipinski definition) is 3. The molecule has 0 saturated heterocycles. The van der Waals surface area contributed by atoms with E-state index in [9.17, 15) is 4.79 Å². The Labute approximate surface area is 162 Å². The molecule has 3 aromatic rings. The minimum Gasteiger partial charge on any atom is -0.383 e. The van der Waals surface area contributed by atoms with E-state index in [0.717, 1.165) is 28.7 Å². The van der Waals surface area contributed by atoms with Gasteiger partial charge in [-0.3, -0.25) is 9.80 Å². The minimum atomic E-state index is -0.110. The standard InChI is InChI=1S/C20H23N7O/c1-11(2)24-20(28)12-4-5-16-17(7-12)26-19(25-16)15-6-13(8-22-18(15)21)14-9-23-27(3)10-14/h4-9,11,14H,10H2,1-3H3,(H2,21,22)(H,24,28)(H,25,26). The van der Waals surface area contributed by atoms with E-state index >= 15 is 0 Å². The van der Waals surface area contributed by atoms with Crippen molar-refractivity contribution in [3.8, 4) is 11.4 Å². The van der Waals surface area contributed by atoms with Crippen molar-refractivity contribution in [2.45, 2.75) is 25.8 Å². The van der Waals surface area contributed by atoms with Crippen molar-refractivity contribution in [2.24, 2.45) is 5.10 Å². The lowest BCUT2D eigenvalue weighted by Gasteiger charge is -2.11. The molecule has 1 amide bonds. The van der Waals surface area contributed by atoms with Crippen LogP contribution in [0.5, 0.6) is 0 Å². The Balaban J connectivity index is 1.69. The number of nitrogens with one attached hydrogen (secondary N) is 2. The fourth-order valence-corrected chi connectivity index (χ4v) is 3.27. The molecule has 0 bridgehead atoms. The molecule has 4 rings (SSSR count). The molecule has 8 heteroatoms. The number of carbonyl (C=O) groups is 1. The largest absolute Gasteiger partial charge is 0.383 e. The summed E-state index contributed by atoms with van der Waals surface area (Å²) < 4.78 is 0. The summed E-state index contributed by atoms with van der Waals surface area (Å²) in [5, 5.41) is 9.08. The molecule has 1 aliphatic rings. The van der Waals surface area contributed by atoms with Gasteiger partial charge in [-0.25, -0.2) is 9.97 Å². The summed E-state index contributed by atoms with van der Waals surface area (Å²) in [6.45, 7) is 4.67. The molecule has 0 radical (unpaired) electrons. The summed E-state index contributed by atoms with van der Waals surface area (Å²) in [6.07, 6.45) is 3.70. The van der Waals surface area contributed by atoms with Crippen LogP contribution in [0.1, 0.15) is 35.7 Å². The maximum Gasteiger partial charge on any atom is 0.251 e. The number of nitrogens with zero attached hydrogens (tertiary/aromatic N) is 4. The number of H-pyrrole nitrogens is 1. The summed E-state index contributed by atoms with van der Waals surface area (Å²) in [4.78, 5) is 24.5. The fraction of sp³-hybridized carbons (Fsp3) is 0.300. The molecule has 0 aliphatic carbocycles. The van der Waals surface area contributed by atoms with Crippen molar-refractivity contribution in [1.29, 1.82) is 0 Å². The number of nitrogens with two attached hydrogens (primary N) is 1. The highest BCUT2D eigenvalue weighted by atomic mass is 16.1. The van der Waals surface area contributed by atoms with Gasteiger partial charge in [0.05, 0.1) is 16.6 Å². The predicted octanol–water partition coefficient (Wildman–Crippen LogP) is 2.36. The molecule has 1 aromatic carbocycles. The topological polar surface area (TPSA) is 112 Å². The number of nitrogen functional groups attached to an aromatic ring is 1. The van der Waals surface area contributed by atoms with Crippen LogP contribution >= 0.6 is 0 Å². The van der Waals surface area contributed by atoms with Crippen molar-refractivity contribution in [3.05, 3.63) is 41.6 Å². The maximum absolute atomic E-state index is 12.3. The lowest BCUT2D eigenvalue weighted by Crippen LogP contribution is -2.29. The van der Waals surface area contributed by atoms with Gasteiger partial charge in [-0.15, -0.1) is 0 Å². The first-order valence-electron chi connectivity index (χ1n) is 9.22. The molecule has 2 aromatic heterocycles. The molecular weight excluding hydrogens is 354 g/mol. The highest BCUT2D eigenvalue weighted by molar-refractivity contribution is 5.98. The molecule has 1 aliphatic heterocycles. The van der Waals surface area contributed by atoms with E-state index in [2.05, 4.69) is 25.4 Å². The van der Waals surface area contributed by atoms with Crippen molar-refractivity contribution in [2.75, 3.05) is 19.3 Å². The summed E-state index contributed by atoms with van der Waals surface area (Å²) in [7, 11) is 1.94. The van der Waals surface area contributed by atoms with Crippen LogP contribution < -0.4 is 11.1 Å². The van der Waals surface area contributed by atoms with Gasteiger partial charge in [0.15, 0.2) is 0 Å². The Hall–Kier alpha value is -3.42. The number of benzene rings is 1. The van der Waals surface area contributed by atoms with E-state index < -0.39 is 0 Å². The van der Waals surface area contributed by atoms with Gasteiger partial charge in [0.2, 0.25) is 0 Å². The van der Waals surface area contributed by atoms with E-state index in [1.165, 1.54) is 0 Å². The van der Waals surface area contributed by atoms with E-state index in [0.29, 0.717) is 17.2 Å². The van der Waals surface area contributed by atoms with Crippen LogP contribution in [0.15, 0.2) is 35.6 Å². The number of aromatic nitrogens is 3. The molecule has 0 saturated carbocycles. The zero-order valence-electron chi connectivity index (χ0n) is 16.1. The second kappa shape index (κ2) is 6.95. The molecule has 1 atom stereocenters. The Morgan fingerprint density at radius 3 is 2.89 bits per heavy atom. The van der Waals surface area contributed by atoms with Crippen molar-refractivity contribution >= 4 is 29.0 Å². The Kier molecular flexibility index (Phi) is 4.46. The van der Waals surface area contributed by atoms with Gasteiger partial charge < -0.3 is 16.0 Å². The summed E-state index contributed by atoms with van der Waals surface area (Å²) in [6, 6.07) is 7.48. The summed E-state index contributed by atoms with van der Waals surface area (Å²) >= 11 is 0. The fourth-order valence-electron chi connectivity index (χ4n) is 3.27. The van der Waals surface area contributed by atoms with E-state index in [1.54, 1.807) is 18.3 Å². The third kappa shape index (κ3) is 3.40. The number of fused-ring (bicyclic) bond motifs is 1. The summed E-state index contributed by atoms with van der Waals surface area (Å²) in [5.41, 5.74) is 10.0. The zero-order chi connectivity index (χ0) is 19.8. The molecule has 0 spiro atoms. The normalized spacial score (nSPS) is 16.3. The third-order valence-electron chi connectivity index (χ3n) is 4.69. The monoisotopic (exact) mass is 377 g/mol. The highest BCUT2D eigenvalue weighted by Crippen LogP contribution is 2.29. The first-order valence-corrected chi connectivity index (χ1v) is 9.22. The van der Waals surface area contributed by atoms with E-state index in [-0.39, 0.29) is 17.9 Å². The number of carbonyl (C=O) groups excluding carboxylic acids is 1. The number of aromatic amines is 1. The number of likely N-dealkylation sites (N-methyl/N-ethyl adjacent to an activating group) is 1. The smallest absolute Gasteiger partial charge is 0.251 e. The SMILES string of the molecule is CC(C)NC(=O)c1ccc2nc(-c3cc(C4C=NN(C)C4)cnc3N)[nH]c2c1. The second-order valence-electron chi connectivity index (χ2n) is 7.36. The first kappa shape index (κ1) is 18.0. The number of imidazole rings is 1. The number of amides is 1. The predicted molar refractivity (Wildman–Crippen MR) is 110 cm³/mol. The first-order chi connectivity index (χ1) is 13.4. The average Bonchev–Trinajstić information content (AvgIpc) is 3.27. The van der Waals surface area contributed by atoms with Crippen LogP contribution in [-0.2, 0) is 0 Å². The number of hydrogen-bond acceptors (Lipinski definition) is 6. The van der Waals surface area contributed by atoms with E-state index in [4.69, 9.17) is 5.73 Å². The number of rotatable bonds is 4. The lowest BCUT2D eigenvalue weighted by atomic mass is 10.0. The number of anilines is 1. The third-order valence-corrected chi connectivity index (χ3v) is 4.69.